The van der Waals surface area contributed by atoms with Gasteiger partial charge in [-0.2, -0.15) is 0 Å². The van der Waals surface area contributed by atoms with Gasteiger partial charge in [-0.05, 0) is 12.1 Å². The third-order valence-corrected chi connectivity index (χ3v) is 5.47. The first-order chi connectivity index (χ1) is 15.3. The fourth-order valence-electron chi connectivity index (χ4n) is 3.91. The molecule has 0 unspecified atom stereocenters. The van der Waals surface area contributed by atoms with E-state index in [0.717, 1.165) is 6.07 Å². The number of nitrogens with one attached hydrogen (secondary N) is 2. The SMILES string of the molecule is CNc1cc(F)c(F)c2c1[nH]c1ncc(-c3cnc4c(c3)c(=O)c(C(=O)O)cn4C)cc12. The smallest absolute Gasteiger partial charge is 0.341 e. The van der Waals surface area contributed by atoms with E-state index in [1.165, 1.54) is 29.2 Å². The van der Waals surface area contributed by atoms with Gasteiger partial charge in [0.25, 0.3) is 0 Å². The number of halogens is 2. The fourth-order valence-corrected chi connectivity index (χ4v) is 3.91. The lowest BCUT2D eigenvalue weighted by Gasteiger charge is -2.08. The quantitative estimate of drug-likeness (QED) is 0.399. The van der Waals surface area contributed by atoms with E-state index in [1.807, 2.05) is 0 Å². The summed E-state index contributed by atoms with van der Waals surface area (Å²) in [6.45, 7) is 0. The molecule has 0 saturated heterocycles. The van der Waals surface area contributed by atoms with E-state index in [0.29, 0.717) is 39.0 Å². The number of aryl methyl sites for hydroxylation is 1. The molecule has 4 heterocycles. The molecule has 0 saturated carbocycles. The lowest BCUT2D eigenvalue weighted by molar-refractivity contribution is 0.0695. The van der Waals surface area contributed by atoms with Gasteiger partial charge in [-0.1, -0.05) is 0 Å². The predicted molar refractivity (Wildman–Crippen MR) is 116 cm³/mol. The van der Waals surface area contributed by atoms with Crippen molar-refractivity contribution in [3.05, 3.63) is 64.2 Å². The summed E-state index contributed by atoms with van der Waals surface area (Å²) in [5, 5.41) is 12.7. The topological polar surface area (TPSA) is 113 Å². The number of benzene rings is 1. The van der Waals surface area contributed by atoms with E-state index in [4.69, 9.17) is 0 Å². The summed E-state index contributed by atoms with van der Waals surface area (Å²) in [5.74, 6) is -3.33. The van der Waals surface area contributed by atoms with E-state index in [1.54, 1.807) is 20.2 Å². The molecule has 160 valence electrons. The second-order valence-electron chi connectivity index (χ2n) is 7.35. The molecule has 10 heteroatoms. The van der Waals surface area contributed by atoms with Gasteiger partial charge in [-0.15, -0.1) is 0 Å². The molecular weight excluding hydrogens is 420 g/mol. The summed E-state index contributed by atoms with van der Waals surface area (Å²) < 4.78 is 30.3. The van der Waals surface area contributed by atoms with Crippen LogP contribution < -0.4 is 10.7 Å². The van der Waals surface area contributed by atoms with Gasteiger partial charge >= 0.3 is 5.97 Å². The van der Waals surface area contributed by atoms with Crippen molar-refractivity contribution in [1.82, 2.24) is 19.5 Å². The number of pyridine rings is 3. The lowest BCUT2D eigenvalue weighted by atomic mass is 10.0. The Morgan fingerprint density at radius 3 is 2.50 bits per heavy atom. The van der Waals surface area contributed by atoms with Crippen LogP contribution in [0.25, 0.3) is 44.1 Å². The first kappa shape index (κ1) is 19.6. The van der Waals surface area contributed by atoms with E-state index >= 15 is 0 Å². The maximum absolute atomic E-state index is 14.7. The number of hydrogen-bond donors (Lipinski definition) is 3. The number of aromatic carboxylic acids is 1. The molecule has 0 bridgehead atoms. The summed E-state index contributed by atoms with van der Waals surface area (Å²) >= 11 is 0. The number of carbonyl (C=O) groups is 1. The Kier molecular flexibility index (Phi) is 4.19. The van der Waals surface area contributed by atoms with Crippen molar-refractivity contribution in [1.29, 1.82) is 0 Å². The number of carboxylic acids is 1. The van der Waals surface area contributed by atoms with Gasteiger partial charge in [-0.3, -0.25) is 4.79 Å². The molecule has 3 N–H and O–H groups in total. The highest BCUT2D eigenvalue weighted by molar-refractivity contribution is 6.11. The molecule has 5 aromatic rings. The minimum Gasteiger partial charge on any atom is -0.477 e. The highest BCUT2D eigenvalue weighted by atomic mass is 19.2. The summed E-state index contributed by atoms with van der Waals surface area (Å²) in [4.78, 5) is 35.7. The van der Waals surface area contributed by atoms with E-state index < -0.39 is 23.0 Å². The van der Waals surface area contributed by atoms with Crippen molar-refractivity contribution in [3.8, 4) is 11.1 Å². The van der Waals surface area contributed by atoms with Gasteiger partial charge in [0.2, 0.25) is 5.43 Å². The Balaban J connectivity index is 1.79. The third kappa shape index (κ3) is 2.73. The first-order valence-corrected chi connectivity index (χ1v) is 9.50. The van der Waals surface area contributed by atoms with Crippen LogP contribution in [0.5, 0.6) is 0 Å². The van der Waals surface area contributed by atoms with Crippen molar-refractivity contribution in [2.75, 3.05) is 12.4 Å². The highest BCUT2D eigenvalue weighted by Crippen LogP contribution is 2.35. The average Bonchev–Trinajstić information content (AvgIpc) is 3.17. The van der Waals surface area contributed by atoms with E-state index in [2.05, 4.69) is 20.3 Å². The first-order valence-electron chi connectivity index (χ1n) is 9.50. The van der Waals surface area contributed by atoms with Crippen LogP contribution in [-0.2, 0) is 7.05 Å². The van der Waals surface area contributed by atoms with Crippen LogP contribution in [0, 0.1) is 11.6 Å². The van der Waals surface area contributed by atoms with Crippen LogP contribution >= 0.6 is 0 Å². The zero-order valence-corrected chi connectivity index (χ0v) is 16.8. The summed E-state index contributed by atoms with van der Waals surface area (Å²) in [6, 6.07) is 4.21. The average molecular weight is 435 g/mol. The number of aromatic nitrogens is 4. The van der Waals surface area contributed by atoms with Crippen LogP contribution in [0.3, 0.4) is 0 Å². The van der Waals surface area contributed by atoms with Gasteiger partial charge in [0.15, 0.2) is 11.6 Å². The number of rotatable bonds is 3. The molecule has 4 aromatic heterocycles. The van der Waals surface area contributed by atoms with Crippen molar-refractivity contribution in [3.63, 3.8) is 0 Å². The zero-order valence-electron chi connectivity index (χ0n) is 16.8. The Bertz CT molecular complexity index is 1660. The Labute approximate surface area is 178 Å². The third-order valence-electron chi connectivity index (χ3n) is 5.47. The van der Waals surface area contributed by atoms with Crippen molar-refractivity contribution < 1.29 is 18.7 Å². The van der Waals surface area contributed by atoms with Gasteiger partial charge in [0.1, 0.15) is 16.9 Å². The maximum Gasteiger partial charge on any atom is 0.341 e. The number of H-pyrrole nitrogens is 1. The van der Waals surface area contributed by atoms with Crippen molar-refractivity contribution in [2.24, 2.45) is 7.05 Å². The molecule has 0 spiro atoms. The second-order valence-corrected chi connectivity index (χ2v) is 7.35. The Hall–Kier alpha value is -4.34. The molecular formula is C22H15F2N5O3. The standard InChI is InChI=1S/C22H15F2N5O3/c1-25-15-5-14(23)17(24)16-11-3-9(6-26-20(11)28-18(15)16)10-4-12-19(30)13(22(31)32)8-29(2)21(12)27-7-10/h3-8,25H,1-2H3,(H,26,28)(H,31,32). The van der Waals surface area contributed by atoms with Gasteiger partial charge in [0.05, 0.1) is 16.6 Å². The molecule has 0 atom stereocenters. The maximum atomic E-state index is 14.7. The number of anilines is 1. The summed E-state index contributed by atoms with van der Waals surface area (Å²) in [5.41, 5.74) is 1.39. The van der Waals surface area contributed by atoms with Gasteiger partial charge in [-0.25, -0.2) is 23.5 Å². The van der Waals surface area contributed by atoms with E-state index in [-0.39, 0.29) is 16.3 Å². The zero-order chi connectivity index (χ0) is 22.7. The molecule has 8 nitrogen and oxygen atoms in total. The molecule has 1 aromatic carbocycles. The van der Waals surface area contributed by atoms with Crippen molar-refractivity contribution in [2.45, 2.75) is 0 Å². The van der Waals surface area contributed by atoms with Crippen LogP contribution in [0.1, 0.15) is 10.4 Å². The molecule has 0 amide bonds. The van der Waals surface area contributed by atoms with Gasteiger partial charge in [0, 0.05) is 60.7 Å². The molecule has 0 fully saturated rings. The second kappa shape index (κ2) is 6.84. The minimum absolute atomic E-state index is 0.0523. The van der Waals surface area contributed by atoms with E-state index in [9.17, 15) is 23.5 Å². The normalized spacial score (nSPS) is 11.5. The molecule has 0 radical (unpaired) electrons. The van der Waals surface area contributed by atoms with Crippen molar-refractivity contribution >= 4 is 44.6 Å². The molecule has 0 aliphatic heterocycles. The van der Waals surface area contributed by atoms with Crippen LogP contribution in [0.15, 0.2) is 41.6 Å². The van der Waals surface area contributed by atoms with Crippen LogP contribution in [0.2, 0.25) is 0 Å². The number of fused-ring (bicyclic) bond motifs is 4. The van der Waals surface area contributed by atoms with Gasteiger partial charge < -0.3 is 20.0 Å². The summed E-state index contributed by atoms with van der Waals surface area (Å²) in [7, 11) is 3.19. The number of hydrogen-bond acceptors (Lipinski definition) is 5. The molecule has 0 aliphatic carbocycles. The highest BCUT2D eigenvalue weighted by Gasteiger charge is 2.19. The Morgan fingerprint density at radius 2 is 1.81 bits per heavy atom. The fraction of sp³-hybridized carbons (Fsp3) is 0.0909. The monoisotopic (exact) mass is 435 g/mol. The molecule has 32 heavy (non-hydrogen) atoms. The van der Waals surface area contributed by atoms with Crippen LogP contribution in [0.4, 0.5) is 14.5 Å². The lowest BCUT2D eigenvalue weighted by Crippen LogP contribution is -2.18. The summed E-state index contributed by atoms with van der Waals surface area (Å²) in [6.07, 6.45) is 4.24. The Morgan fingerprint density at radius 1 is 1.12 bits per heavy atom. The number of carboxylic acid groups (broad SMARTS) is 1. The number of nitrogens with zero attached hydrogens (tertiary/aromatic N) is 3. The predicted octanol–water partition coefficient (Wildman–Crippen LogP) is 3.65. The largest absolute Gasteiger partial charge is 0.477 e. The van der Waals surface area contributed by atoms with Crippen LogP contribution in [-0.4, -0.2) is 37.6 Å². The molecule has 5 rings (SSSR count). The minimum atomic E-state index is -1.34. The molecule has 0 aliphatic rings. The number of aromatic amines is 1.